The van der Waals surface area contributed by atoms with Crippen LogP contribution in [0.2, 0.25) is 0 Å². The third-order valence-electron chi connectivity index (χ3n) is 3.38. The van der Waals surface area contributed by atoms with Crippen molar-refractivity contribution in [2.45, 2.75) is 6.18 Å². The maximum Gasteiger partial charge on any atom is 0.416 e. The maximum atomic E-state index is 12.6. The van der Waals surface area contributed by atoms with Crippen LogP contribution in [0.1, 0.15) is 15.9 Å². The summed E-state index contributed by atoms with van der Waals surface area (Å²) in [6.45, 7) is 0. The zero-order valence-corrected chi connectivity index (χ0v) is 13.0. The number of aldehydes is 1. The van der Waals surface area contributed by atoms with Gasteiger partial charge in [0.1, 0.15) is 6.29 Å². The van der Waals surface area contributed by atoms with Crippen molar-refractivity contribution in [2.75, 3.05) is 5.32 Å². The Kier molecular flexibility index (Phi) is 4.35. The Labute approximate surface area is 139 Å². The molecule has 1 aromatic heterocycles. The fourth-order valence-corrected chi connectivity index (χ4v) is 2.75. The van der Waals surface area contributed by atoms with Crippen molar-refractivity contribution in [1.29, 1.82) is 0 Å². The highest BCUT2D eigenvalue weighted by atomic mass is 32.1. The second kappa shape index (κ2) is 6.45. The summed E-state index contributed by atoms with van der Waals surface area (Å²) >= 11 is 1.42. The molecular formula is C17H11F3N2OS. The van der Waals surface area contributed by atoms with Crippen molar-refractivity contribution < 1.29 is 18.0 Å². The first-order valence-corrected chi connectivity index (χ1v) is 7.84. The third kappa shape index (κ3) is 3.46. The van der Waals surface area contributed by atoms with Gasteiger partial charge in [-0.05, 0) is 42.5 Å². The van der Waals surface area contributed by atoms with Crippen molar-refractivity contribution in [2.24, 2.45) is 0 Å². The summed E-state index contributed by atoms with van der Waals surface area (Å²) in [5.74, 6) is 0. The van der Waals surface area contributed by atoms with Crippen LogP contribution in [0.15, 0.2) is 53.4 Å². The van der Waals surface area contributed by atoms with Gasteiger partial charge >= 0.3 is 6.18 Å². The van der Waals surface area contributed by atoms with Gasteiger partial charge in [0, 0.05) is 27.9 Å². The van der Waals surface area contributed by atoms with E-state index in [-0.39, 0.29) is 0 Å². The Hall–Kier alpha value is -2.67. The third-order valence-corrected chi connectivity index (χ3v) is 3.97. The molecule has 0 spiro atoms. The van der Waals surface area contributed by atoms with Crippen molar-refractivity contribution in [1.82, 2.24) is 4.98 Å². The number of benzene rings is 2. The molecule has 0 aliphatic carbocycles. The van der Waals surface area contributed by atoms with E-state index in [1.165, 1.54) is 23.5 Å². The fraction of sp³-hybridized carbons (Fsp3) is 0.0588. The average Bonchev–Trinajstić information content (AvgIpc) is 3.09. The molecule has 3 nitrogen and oxygen atoms in total. The summed E-state index contributed by atoms with van der Waals surface area (Å²) in [5.41, 5.74) is 4.04. The summed E-state index contributed by atoms with van der Waals surface area (Å²) in [5, 5.41) is 4.91. The van der Waals surface area contributed by atoms with Gasteiger partial charge in [-0.25, -0.2) is 4.98 Å². The average molecular weight is 348 g/mol. The van der Waals surface area contributed by atoms with Crippen LogP contribution in [-0.4, -0.2) is 11.3 Å². The second-order valence-corrected chi connectivity index (χ2v) is 5.72. The molecule has 0 aliphatic rings. The lowest BCUT2D eigenvalue weighted by atomic mass is 10.1. The molecule has 0 saturated heterocycles. The predicted molar refractivity (Wildman–Crippen MR) is 87.7 cm³/mol. The number of carbonyl (C=O) groups excluding carboxylic acids is 1. The molecule has 3 aromatic rings. The molecule has 0 fully saturated rings. The Morgan fingerprint density at radius 1 is 1.08 bits per heavy atom. The lowest BCUT2D eigenvalue weighted by Crippen LogP contribution is -2.04. The zero-order chi connectivity index (χ0) is 17.2. The minimum absolute atomic E-state index is 0.496. The molecule has 2 aromatic carbocycles. The molecule has 3 rings (SSSR count). The molecule has 0 atom stereocenters. The van der Waals surface area contributed by atoms with E-state index in [1.54, 1.807) is 23.7 Å². The zero-order valence-electron chi connectivity index (χ0n) is 12.2. The minimum Gasteiger partial charge on any atom is -0.355 e. The van der Waals surface area contributed by atoms with Gasteiger partial charge in [-0.15, -0.1) is 11.3 Å². The Morgan fingerprint density at radius 3 is 2.42 bits per heavy atom. The number of halogens is 3. The van der Waals surface area contributed by atoms with Gasteiger partial charge < -0.3 is 5.32 Å². The molecular weight excluding hydrogens is 337 g/mol. The first kappa shape index (κ1) is 16.2. The molecule has 0 radical (unpaired) electrons. The minimum atomic E-state index is -4.37. The molecule has 0 saturated carbocycles. The van der Waals surface area contributed by atoms with Crippen LogP contribution >= 0.6 is 11.3 Å². The number of nitrogens with zero attached hydrogens (tertiary/aromatic N) is 1. The Balaban J connectivity index is 1.94. The van der Waals surface area contributed by atoms with Crippen molar-refractivity contribution in [3.8, 4) is 11.3 Å². The van der Waals surface area contributed by atoms with Crippen LogP contribution in [0.4, 0.5) is 24.5 Å². The largest absolute Gasteiger partial charge is 0.416 e. The number of hydrogen-bond donors (Lipinski definition) is 1. The smallest absolute Gasteiger partial charge is 0.355 e. The maximum absolute atomic E-state index is 12.6. The number of thiazole rings is 1. The molecule has 122 valence electrons. The molecule has 1 heterocycles. The van der Waals surface area contributed by atoms with Crippen LogP contribution < -0.4 is 5.32 Å². The van der Waals surface area contributed by atoms with E-state index in [0.717, 1.165) is 18.4 Å². The van der Waals surface area contributed by atoms with Crippen molar-refractivity contribution >= 4 is 29.0 Å². The second-order valence-electron chi connectivity index (χ2n) is 5.00. The van der Waals surface area contributed by atoms with E-state index in [1.807, 2.05) is 5.38 Å². The van der Waals surface area contributed by atoms with Gasteiger partial charge in [-0.2, -0.15) is 13.2 Å². The number of hydrogen-bond acceptors (Lipinski definition) is 4. The van der Waals surface area contributed by atoms with Crippen LogP contribution in [0.25, 0.3) is 11.3 Å². The number of alkyl halides is 3. The first-order chi connectivity index (χ1) is 11.5. The molecule has 0 aliphatic heterocycles. The van der Waals surface area contributed by atoms with Crippen LogP contribution in [0.5, 0.6) is 0 Å². The van der Waals surface area contributed by atoms with E-state index in [0.29, 0.717) is 28.2 Å². The number of nitrogens with one attached hydrogen (secondary N) is 1. The van der Waals surface area contributed by atoms with Gasteiger partial charge in [0.05, 0.1) is 16.8 Å². The lowest BCUT2D eigenvalue weighted by molar-refractivity contribution is -0.137. The predicted octanol–water partition coefficient (Wildman–Crippen LogP) is 5.39. The molecule has 0 unspecified atom stereocenters. The van der Waals surface area contributed by atoms with Gasteiger partial charge in [-0.3, -0.25) is 4.79 Å². The van der Waals surface area contributed by atoms with E-state index < -0.39 is 11.7 Å². The normalized spacial score (nSPS) is 11.3. The van der Waals surface area contributed by atoms with Crippen molar-refractivity contribution in [3.05, 3.63) is 64.5 Å². The number of rotatable bonds is 4. The summed E-state index contributed by atoms with van der Waals surface area (Å²) in [6.07, 6.45) is -3.63. The summed E-state index contributed by atoms with van der Waals surface area (Å²) < 4.78 is 37.9. The van der Waals surface area contributed by atoms with Crippen LogP contribution in [0.3, 0.4) is 0 Å². The van der Waals surface area contributed by atoms with Crippen LogP contribution in [-0.2, 0) is 6.18 Å². The van der Waals surface area contributed by atoms with Gasteiger partial charge in [0.25, 0.3) is 0 Å². The topological polar surface area (TPSA) is 42.0 Å². The summed E-state index contributed by atoms with van der Waals surface area (Å²) in [6, 6.07) is 9.79. The molecule has 1 N–H and O–H groups in total. The fourth-order valence-electron chi connectivity index (χ4n) is 2.20. The summed E-state index contributed by atoms with van der Waals surface area (Å²) in [7, 11) is 0. The Bertz CT molecular complexity index is 843. The van der Waals surface area contributed by atoms with E-state index in [2.05, 4.69) is 10.3 Å². The monoisotopic (exact) mass is 348 g/mol. The number of aromatic nitrogens is 1. The number of carbonyl (C=O) groups is 1. The first-order valence-electron chi connectivity index (χ1n) is 6.89. The van der Waals surface area contributed by atoms with Gasteiger partial charge in [0.15, 0.2) is 0 Å². The highest BCUT2D eigenvalue weighted by molar-refractivity contribution is 7.07. The molecule has 24 heavy (non-hydrogen) atoms. The summed E-state index contributed by atoms with van der Waals surface area (Å²) in [4.78, 5) is 15.2. The molecule has 7 heteroatoms. The van der Waals surface area contributed by atoms with Crippen molar-refractivity contribution in [3.63, 3.8) is 0 Å². The van der Waals surface area contributed by atoms with Gasteiger partial charge in [-0.1, -0.05) is 0 Å². The molecule has 0 amide bonds. The SMILES string of the molecule is O=Cc1ccc(Nc2ccc(C(F)(F)F)cc2)c(-c2cscn2)c1. The van der Waals surface area contributed by atoms with E-state index in [9.17, 15) is 18.0 Å². The Morgan fingerprint density at radius 2 is 1.83 bits per heavy atom. The lowest BCUT2D eigenvalue weighted by Gasteiger charge is -2.13. The van der Waals surface area contributed by atoms with Crippen LogP contribution in [0, 0.1) is 0 Å². The highest BCUT2D eigenvalue weighted by Crippen LogP contribution is 2.33. The van der Waals surface area contributed by atoms with Gasteiger partial charge in [0.2, 0.25) is 0 Å². The standard InChI is InChI=1S/C17H11F3N2OS/c18-17(19,20)12-2-4-13(5-3-12)22-15-6-1-11(8-23)7-14(15)16-9-24-10-21-16/h1-10,22H. The highest BCUT2D eigenvalue weighted by Gasteiger charge is 2.29. The molecule has 0 bridgehead atoms. The van der Waals surface area contributed by atoms with E-state index in [4.69, 9.17) is 0 Å². The quantitative estimate of drug-likeness (QED) is 0.643. The van der Waals surface area contributed by atoms with E-state index >= 15 is 0 Å². The number of anilines is 2.